The number of hydrogen-bond acceptors (Lipinski definition) is 3. The minimum Gasteiger partial charge on any atom is -0.329 e. The van der Waals surface area contributed by atoms with E-state index in [1.54, 1.807) is 0 Å². The summed E-state index contributed by atoms with van der Waals surface area (Å²) in [6.45, 7) is 6.45. The number of rotatable bonds is 3. The molecule has 0 aliphatic carbocycles. The summed E-state index contributed by atoms with van der Waals surface area (Å²) in [5.74, 6) is 0. The Hall–Kier alpha value is -1.45. The van der Waals surface area contributed by atoms with Crippen LogP contribution >= 0.6 is 0 Å². The topological polar surface area (TPSA) is 42.1 Å². The van der Waals surface area contributed by atoms with Crippen molar-refractivity contribution in [2.75, 3.05) is 13.1 Å². The third-order valence-electron chi connectivity index (χ3n) is 4.58. The zero-order chi connectivity index (χ0) is 14.2. The molecule has 3 nitrogen and oxygen atoms in total. The van der Waals surface area contributed by atoms with Gasteiger partial charge in [-0.3, -0.25) is 9.88 Å². The van der Waals surface area contributed by atoms with E-state index in [1.807, 2.05) is 12.3 Å². The molecule has 2 N–H and O–H groups in total. The number of pyridine rings is 1. The van der Waals surface area contributed by atoms with E-state index in [4.69, 9.17) is 5.73 Å². The first-order valence-electron chi connectivity index (χ1n) is 7.43. The molecule has 1 aromatic heterocycles. The first-order valence-corrected chi connectivity index (χ1v) is 7.43. The molecule has 1 saturated heterocycles. The minimum atomic E-state index is 0.244. The Labute approximate surface area is 120 Å². The highest BCUT2D eigenvalue weighted by molar-refractivity contribution is 5.79. The van der Waals surface area contributed by atoms with Crippen LogP contribution in [0.5, 0.6) is 0 Å². The number of fused-ring (bicyclic) bond motifs is 1. The Morgan fingerprint density at radius 3 is 2.90 bits per heavy atom. The quantitative estimate of drug-likeness (QED) is 0.931. The molecule has 0 bridgehead atoms. The molecular formula is C17H23N3. The van der Waals surface area contributed by atoms with Gasteiger partial charge in [0.25, 0.3) is 0 Å². The van der Waals surface area contributed by atoms with Crippen LogP contribution in [0.3, 0.4) is 0 Å². The van der Waals surface area contributed by atoms with Gasteiger partial charge in [-0.15, -0.1) is 0 Å². The van der Waals surface area contributed by atoms with E-state index in [2.05, 4.69) is 48.0 Å². The first-order chi connectivity index (χ1) is 9.62. The standard InChI is InChI=1S/C17H23N3/c1-17(2)8-4-10-20(17)16(12-18)14-6-7-15-13(11-14)5-3-9-19-15/h3,5-7,9,11,16H,4,8,10,12,18H2,1-2H3. The highest BCUT2D eigenvalue weighted by Crippen LogP contribution is 2.36. The Bertz CT molecular complexity index is 606. The molecule has 3 heteroatoms. The maximum atomic E-state index is 6.09. The number of nitrogens with zero attached hydrogens (tertiary/aromatic N) is 2. The van der Waals surface area contributed by atoms with Crippen molar-refractivity contribution in [1.29, 1.82) is 0 Å². The molecule has 0 radical (unpaired) electrons. The number of nitrogens with two attached hydrogens (primary N) is 1. The van der Waals surface area contributed by atoms with Gasteiger partial charge in [0, 0.05) is 29.7 Å². The Morgan fingerprint density at radius 2 is 2.20 bits per heavy atom. The van der Waals surface area contributed by atoms with Gasteiger partial charge in [-0.1, -0.05) is 12.1 Å². The lowest BCUT2D eigenvalue weighted by atomic mass is 9.96. The molecule has 1 aliphatic rings. The van der Waals surface area contributed by atoms with Crippen molar-refractivity contribution in [3.63, 3.8) is 0 Å². The second-order valence-corrected chi connectivity index (χ2v) is 6.32. The second-order valence-electron chi connectivity index (χ2n) is 6.32. The predicted molar refractivity (Wildman–Crippen MR) is 83.6 cm³/mol. The maximum Gasteiger partial charge on any atom is 0.0702 e. The van der Waals surface area contributed by atoms with Crippen LogP contribution in [0, 0.1) is 0 Å². The zero-order valence-electron chi connectivity index (χ0n) is 12.3. The summed E-state index contributed by atoms with van der Waals surface area (Å²) in [7, 11) is 0. The molecule has 1 atom stereocenters. The van der Waals surface area contributed by atoms with Gasteiger partial charge < -0.3 is 5.73 Å². The fraction of sp³-hybridized carbons (Fsp3) is 0.471. The van der Waals surface area contributed by atoms with Crippen molar-refractivity contribution in [3.8, 4) is 0 Å². The van der Waals surface area contributed by atoms with Gasteiger partial charge in [-0.2, -0.15) is 0 Å². The number of hydrogen-bond donors (Lipinski definition) is 1. The van der Waals surface area contributed by atoms with Crippen molar-refractivity contribution in [2.24, 2.45) is 5.73 Å². The van der Waals surface area contributed by atoms with Gasteiger partial charge in [0.15, 0.2) is 0 Å². The smallest absolute Gasteiger partial charge is 0.0702 e. The fourth-order valence-electron chi connectivity index (χ4n) is 3.45. The van der Waals surface area contributed by atoms with Crippen molar-refractivity contribution >= 4 is 10.9 Å². The predicted octanol–water partition coefficient (Wildman–Crippen LogP) is 3.11. The molecule has 0 spiro atoms. The second kappa shape index (κ2) is 5.15. The van der Waals surface area contributed by atoms with Crippen LogP contribution in [0.2, 0.25) is 0 Å². The maximum absolute atomic E-state index is 6.09. The van der Waals surface area contributed by atoms with E-state index in [9.17, 15) is 0 Å². The zero-order valence-corrected chi connectivity index (χ0v) is 12.3. The van der Waals surface area contributed by atoms with Crippen molar-refractivity contribution in [3.05, 3.63) is 42.1 Å². The Morgan fingerprint density at radius 1 is 1.35 bits per heavy atom. The summed E-state index contributed by atoms with van der Waals surface area (Å²) in [5, 5.41) is 1.19. The van der Waals surface area contributed by atoms with Gasteiger partial charge in [-0.05, 0) is 57.0 Å². The van der Waals surface area contributed by atoms with Gasteiger partial charge >= 0.3 is 0 Å². The summed E-state index contributed by atoms with van der Waals surface area (Å²) >= 11 is 0. The van der Waals surface area contributed by atoms with Crippen molar-refractivity contribution in [1.82, 2.24) is 9.88 Å². The van der Waals surface area contributed by atoms with Crippen LogP contribution in [-0.2, 0) is 0 Å². The summed E-state index contributed by atoms with van der Waals surface area (Å²) in [5.41, 5.74) is 8.69. The molecule has 1 fully saturated rings. The molecule has 1 unspecified atom stereocenters. The summed E-state index contributed by atoms with van der Waals surface area (Å²) < 4.78 is 0. The number of likely N-dealkylation sites (tertiary alicyclic amines) is 1. The largest absolute Gasteiger partial charge is 0.329 e. The molecule has 20 heavy (non-hydrogen) atoms. The van der Waals surface area contributed by atoms with Crippen LogP contribution in [0.1, 0.15) is 38.3 Å². The van der Waals surface area contributed by atoms with E-state index in [1.165, 1.54) is 23.8 Å². The van der Waals surface area contributed by atoms with Crippen LogP contribution in [0.15, 0.2) is 36.5 Å². The average molecular weight is 269 g/mol. The number of aromatic nitrogens is 1. The first kappa shape index (κ1) is 13.5. The SMILES string of the molecule is CC1(C)CCCN1C(CN)c1ccc2ncccc2c1. The van der Waals surface area contributed by atoms with Crippen LogP contribution in [-0.4, -0.2) is 28.5 Å². The fourth-order valence-corrected chi connectivity index (χ4v) is 3.45. The lowest BCUT2D eigenvalue weighted by molar-refractivity contribution is 0.119. The highest BCUT2D eigenvalue weighted by Gasteiger charge is 2.36. The van der Waals surface area contributed by atoms with Crippen molar-refractivity contribution in [2.45, 2.75) is 38.3 Å². The normalized spacial score (nSPS) is 20.4. The van der Waals surface area contributed by atoms with Gasteiger partial charge in [0.05, 0.1) is 5.52 Å². The minimum absolute atomic E-state index is 0.244. The molecule has 1 aromatic carbocycles. The summed E-state index contributed by atoms with van der Waals surface area (Å²) in [6.07, 6.45) is 4.35. The van der Waals surface area contributed by atoms with Gasteiger partial charge in [-0.25, -0.2) is 0 Å². The molecule has 1 aliphatic heterocycles. The van der Waals surface area contributed by atoms with Gasteiger partial charge in [0.2, 0.25) is 0 Å². The molecule has 2 aromatic rings. The molecule has 0 saturated carbocycles. The van der Waals surface area contributed by atoms with E-state index in [0.717, 1.165) is 12.1 Å². The Kier molecular flexibility index (Phi) is 3.48. The third kappa shape index (κ3) is 2.32. The lowest BCUT2D eigenvalue weighted by Crippen LogP contribution is -2.43. The monoisotopic (exact) mass is 269 g/mol. The van der Waals surface area contributed by atoms with E-state index in [0.29, 0.717) is 12.6 Å². The van der Waals surface area contributed by atoms with E-state index in [-0.39, 0.29) is 5.54 Å². The van der Waals surface area contributed by atoms with Gasteiger partial charge in [0.1, 0.15) is 0 Å². The van der Waals surface area contributed by atoms with E-state index < -0.39 is 0 Å². The third-order valence-corrected chi connectivity index (χ3v) is 4.58. The van der Waals surface area contributed by atoms with Crippen molar-refractivity contribution < 1.29 is 0 Å². The van der Waals surface area contributed by atoms with Crippen LogP contribution < -0.4 is 5.73 Å². The summed E-state index contributed by atoms with van der Waals surface area (Å²) in [6, 6.07) is 10.9. The van der Waals surface area contributed by atoms with Crippen LogP contribution in [0.25, 0.3) is 10.9 Å². The lowest BCUT2D eigenvalue weighted by Gasteiger charge is -2.38. The average Bonchev–Trinajstić information content (AvgIpc) is 2.79. The summed E-state index contributed by atoms with van der Waals surface area (Å²) in [4.78, 5) is 6.95. The molecule has 2 heterocycles. The van der Waals surface area contributed by atoms with E-state index >= 15 is 0 Å². The number of benzene rings is 1. The molecule has 106 valence electrons. The highest BCUT2D eigenvalue weighted by atomic mass is 15.2. The molecule has 0 amide bonds. The Balaban J connectivity index is 1.99. The van der Waals surface area contributed by atoms with Crippen LogP contribution in [0.4, 0.5) is 0 Å². The molecule has 3 rings (SSSR count). The molecular weight excluding hydrogens is 246 g/mol.